The summed E-state index contributed by atoms with van der Waals surface area (Å²) < 4.78 is 0. The van der Waals surface area contributed by atoms with Gasteiger partial charge in [-0.2, -0.15) is 65.6 Å². The van der Waals surface area contributed by atoms with Crippen LogP contribution in [0.2, 0.25) is 0 Å². The van der Waals surface area contributed by atoms with Crippen LogP contribution in [0.15, 0.2) is 364 Å². The van der Waals surface area contributed by atoms with Crippen molar-refractivity contribution in [1.82, 2.24) is 0 Å². The first-order valence-corrected chi connectivity index (χ1v) is 41.9. The first kappa shape index (κ1) is 72.5. The van der Waals surface area contributed by atoms with E-state index < -0.39 is 18.4 Å². The van der Waals surface area contributed by atoms with Gasteiger partial charge in [-0.15, -0.1) is 31.7 Å². The van der Waals surface area contributed by atoms with Crippen molar-refractivity contribution in [3.63, 3.8) is 0 Å². The topological polar surface area (TPSA) is 0 Å². The summed E-state index contributed by atoms with van der Waals surface area (Å²) in [4.78, 5) is 0. The fourth-order valence-corrected chi connectivity index (χ4v) is 19.6. The molecule has 0 spiro atoms. The van der Waals surface area contributed by atoms with Crippen LogP contribution in [0.3, 0.4) is 0 Å². The van der Waals surface area contributed by atoms with Gasteiger partial charge in [0.2, 0.25) is 0 Å². The van der Waals surface area contributed by atoms with Crippen LogP contribution in [0.25, 0.3) is 0 Å². The van der Waals surface area contributed by atoms with Crippen LogP contribution in [0.5, 0.6) is 0 Å². The van der Waals surface area contributed by atoms with Gasteiger partial charge in [0.05, 0.1) is 0 Å². The van der Waals surface area contributed by atoms with Gasteiger partial charge in [0, 0.05) is 17.1 Å². The molecular formula is C84H94B3FeP4-. The summed E-state index contributed by atoms with van der Waals surface area (Å²) in [7, 11) is 1.53. The number of rotatable bonds is 18. The average Bonchev–Trinajstić information content (AvgIpc) is 0.759. The minimum atomic E-state index is -1.22. The van der Waals surface area contributed by atoms with Crippen LogP contribution < -0.4 is 65.6 Å². The van der Waals surface area contributed by atoms with Gasteiger partial charge in [-0.05, 0) is 78.0 Å². The molecule has 0 nitrogen and oxygen atoms in total. The molecule has 0 unspecified atom stereocenters. The van der Waals surface area contributed by atoms with Crippen molar-refractivity contribution >= 4 is 116 Å². The minimum absolute atomic E-state index is 0. The standard InChI is InChI=1S/3C24H20B.2C6H16P2.Fe/c3*1-5-13-21(14-6-1)25(22-15-7-2-8-16-22,23-17-9-3-10-18-23)24-19-11-4-12-20-24;2*1-7(2)5-6-8(3)4;/h3*1-20H;2*5-6H2,1-4H3;/q3*-1;;;/p+2. The van der Waals surface area contributed by atoms with E-state index in [0.29, 0.717) is 31.7 Å². The third kappa shape index (κ3) is 19.1. The molecule has 8 heteroatoms. The first-order chi connectivity index (χ1) is 44.5. The molecule has 0 atom stereocenters. The molecule has 12 aromatic rings. The Kier molecular flexibility index (Phi) is 30.2. The largest absolute Gasteiger partial charge is 1.00 e. The van der Waals surface area contributed by atoms with Crippen LogP contribution in [0.4, 0.5) is 0 Å². The van der Waals surface area contributed by atoms with Gasteiger partial charge >= 0.3 is 2.85 Å². The second-order valence-electron chi connectivity index (χ2n) is 24.7. The van der Waals surface area contributed by atoms with Crippen molar-refractivity contribution in [2.24, 2.45) is 0 Å². The molecule has 0 aliphatic carbocycles. The van der Waals surface area contributed by atoms with E-state index in [1.165, 1.54) is 90.2 Å². The average molecular weight is 1320 g/mol. The Hall–Kier alpha value is -6.93. The van der Waals surface area contributed by atoms with E-state index in [-0.39, 0.29) is 19.9 Å². The van der Waals surface area contributed by atoms with Gasteiger partial charge in [-0.1, -0.05) is 364 Å². The normalized spacial score (nSPS) is 11.1. The Labute approximate surface area is 573 Å². The van der Waals surface area contributed by atoms with E-state index in [4.69, 9.17) is 0 Å². The second-order valence-corrected chi connectivity index (χ2v) is 35.2. The van der Waals surface area contributed by atoms with Crippen molar-refractivity contribution < 1.29 is 19.9 Å². The summed E-state index contributed by atoms with van der Waals surface area (Å²) in [5, 5.41) is 0. The molecule has 0 aliphatic heterocycles. The Morgan fingerprint density at radius 2 is 0.239 bits per heavy atom. The summed E-state index contributed by atoms with van der Waals surface area (Å²) in [6, 6.07) is 131. The maximum atomic E-state index is 2.36. The van der Waals surface area contributed by atoms with E-state index in [1.807, 2.05) is 0 Å². The van der Waals surface area contributed by atoms with E-state index in [0.717, 1.165) is 0 Å². The third-order valence-electron chi connectivity index (χ3n) is 17.6. The molecule has 0 saturated heterocycles. The summed E-state index contributed by atoms with van der Waals surface area (Å²) >= 11 is 0. The maximum absolute atomic E-state index is 2.36. The van der Waals surface area contributed by atoms with Gasteiger partial charge in [-0.25, -0.2) is 0 Å². The predicted octanol–water partition coefficient (Wildman–Crippen LogP) is 14.4. The maximum Gasteiger partial charge on any atom is 1.00 e. The SMILES string of the molecule is CP(C)CCP(C)C.CP(C)CCP(C)C.[Fe].[H+].[H+].c1ccc([B-](c2ccccc2)(c2ccccc2)c2ccccc2)cc1.c1ccc([B-](c2ccccc2)(c2ccccc2)c2ccccc2)cc1.c1ccc([B-](c2ccccc2)(c2ccccc2)c2ccccc2)cc1. The third-order valence-corrected chi connectivity index (χ3v) is 22.8. The molecule has 0 bridgehead atoms. The van der Waals surface area contributed by atoms with Crippen LogP contribution >= 0.6 is 31.7 Å². The Morgan fingerprint density at radius 3 is 0.304 bits per heavy atom. The molecule has 0 radical (unpaired) electrons. The zero-order chi connectivity index (χ0) is 64.0. The van der Waals surface area contributed by atoms with E-state index in [1.54, 1.807) is 0 Å². The minimum Gasteiger partial charge on any atom is -0.195 e. The molecule has 0 fully saturated rings. The van der Waals surface area contributed by atoms with Gasteiger partial charge < -0.3 is 0 Å². The summed E-state index contributed by atoms with van der Waals surface area (Å²) in [5.74, 6) is 0. The first-order valence-electron chi connectivity index (χ1n) is 32.2. The number of benzene rings is 12. The molecule has 92 heavy (non-hydrogen) atoms. The molecule has 0 aromatic heterocycles. The molecule has 0 amide bonds. The molecular weight excluding hydrogens is 1220 g/mol. The Morgan fingerprint density at radius 1 is 0.163 bits per heavy atom. The summed E-state index contributed by atoms with van der Waals surface area (Å²) in [6.07, 6.45) is 2.27. The van der Waals surface area contributed by atoms with Crippen molar-refractivity contribution in [1.29, 1.82) is 0 Å². The number of hydrogen-bond donors (Lipinski definition) is 0. The van der Waals surface area contributed by atoms with Crippen LogP contribution in [-0.2, 0) is 17.1 Å². The predicted molar refractivity (Wildman–Crippen MR) is 427 cm³/mol. The molecule has 0 N–H and O–H groups in total. The molecule has 0 aliphatic rings. The van der Waals surface area contributed by atoms with E-state index >= 15 is 0 Å². The van der Waals surface area contributed by atoms with Crippen LogP contribution in [0, 0.1) is 0 Å². The molecule has 468 valence electrons. The van der Waals surface area contributed by atoms with Gasteiger partial charge in [0.15, 0.2) is 0 Å². The fraction of sp³-hybridized carbons (Fsp3) is 0.143. The van der Waals surface area contributed by atoms with Crippen LogP contribution in [0.1, 0.15) is 2.85 Å². The van der Waals surface area contributed by atoms with Crippen LogP contribution in [-0.4, -0.2) is 96.4 Å². The van der Waals surface area contributed by atoms with Gasteiger partial charge in [-0.3, -0.25) is 0 Å². The molecule has 0 heterocycles. The van der Waals surface area contributed by atoms with E-state index in [2.05, 4.69) is 417 Å². The molecule has 0 saturated carbocycles. The van der Waals surface area contributed by atoms with Gasteiger partial charge in [0.1, 0.15) is 18.4 Å². The Balaban J connectivity index is 0.000000225. The zero-order valence-electron chi connectivity index (χ0n) is 57.3. The second kappa shape index (κ2) is 38.3. The smallest absolute Gasteiger partial charge is 0.195 e. The van der Waals surface area contributed by atoms with Crippen molar-refractivity contribution in [2.45, 2.75) is 0 Å². The summed E-state index contributed by atoms with van der Waals surface area (Å²) in [5.41, 5.74) is 16.1. The van der Waals surface area contributed by atoms with Crippen molar-refractivity contribution in [2.75, 3.05) is 78.0 Å². The van der Waals surface area contributed by atoms with Crippen molar-refractivity contribution in [3.8, 4) is 0 Å². The number of hydrogen-bond acceptors (Lipinski definition) is 0. The molecule has 12 rings (SSSR count). The fourth-order valence-electron chi connectivity index (χ4n) is 13.2. The summed E-state index contributed by atoms with van der Waals surface area (Å²) in [6.45, 7) is 18.8. The quantitative estimate of drug-likeness (QED) is 0.0593. The zero-order valence-corrected chi connectivity index (χ0v) is 60.0. The van der Waals surface area contributed by atoms with Gasteiger partial charge in [0.25, 0.3) is 0 Å². The van der Waals surface area contributed by atoms with E-state index in [9.17, 15) is 0 Å². The Bertz CT molecular complexity index is 2950. The van der Waals surface area contributed by atoms with Crippen molar-refractivity contribution in [3.05, 3.63) is 364 Å². The molecule has 12 aromatic carbocycles. The monoisotopic (exact) mass is 1320 g/mol.